The highest BCUT2D eigenvalue weighted by molar-refractivity contribution is 4.66. The van der Waals surface area contributed by atoms with Crippen molar-refractivity contribution in [3.8, 4) is 0 Å². The van der Waals surface area contributed by atoms with Gasteiger partial charge >= 0.3 is 0 Å². The molecule has 1 atom stereocenters. The van der Waals surface area contributed by atoms with Gasteiger partial charge in [0, 0.05) is 12.6 Å². The zero-order chi connectivity index (χ0) is 13.3. The van der Waals surface area contributed by atoms with E-state index in [9.17, 15) is 0 Å². The quantitative estimate of drug-likeness (QED) is 0.635. The van der Waals surface area contributed by atoms with Crippen LogP contribution in [-0.4, -0.2) is 30.6 Å². The van der Waals surface area contributed by atoms with E-state index in [1.165, 1.54) is 38.8 Å². The molecule has 2 N–H and O–H groups in total. The molecule has 0 rings (SSSR count). The van der Waals surface area contributed by atoms with E-state index in [0.29, 0.717) is 6.04 Å². The molecule has 0 aromatic heterocycles. The van der Waals surface area contributed by atoms with Crippen molar-refractivity contribution in [1.29, 1.82) is 0 Å². The molecule has 0 aliphatic carbocycles. The second kappa shape index (κ2) is 9.90. The molecule has 0 radical (unpaired) electrons. The average Bonchev–Trinajstić information content (AvgIpc) is 2.25. The Labute approximate surface area is 109 Å². The summed E-state index contributed by atoms with van der Waals surface area (Å²) in [5.74, 6) is 1.61. The van der Waals surface area contributed by atoms with E-state index >= 15 is 0 Å². The van der Waals surface area contributed by atoms with Crippen molar-refractivity contribution in [3.63, 3.8) is 0 Å². The van der Waals surface area contributed by atoms with Crippen LogP contribution in [0.2, 0.25) is 0 Å². The Kier molecular flexibility index (Phi) is 9.85. The summed E-state index contributed by atoms with van der Waals surface area (Å²) in [4.78, 5) is 2.61. The van der Waals surface area contributed by atoms with Crippen molar-refractivity contribution in [2.75, 3.05) is 19.6 Å². The minimum atomic E-state index is 0.673. The van der Waals surface area contributed by atoms with Gasteiger partial charge in [-0.1, -0.05) is 27.2 Å². The molecule has 104 valence electrons. The predicted molar refractivity (Wildman–Crippen MR) is 78.2 cm³/mol. The van der Waals surface area contributed by atoms with Crippen LogP contribution in [0.3, 0.4) is 0 Å². The van der Waals surface area contributed by atoms with Gasteiger partial charge in [0.25, 0.3) is 0 Å². The smallest absolute Gasteiger partial charge is 0.00387 e. The minimum Gasteiger partial charge on any atom is -0.330 e. The molecule has 0 fully saturated rings. The predicted octanol–water partition coefficient (Wildman–Crippen LogP) is 3.51. The highest BCUT2D eigenvalue weighted by Crippen LogP contribution is 2.15. The second-order valence-corrected chi connectivity index (χ2v) is 5.98. The molecular formula is C15H34N2. The highest BCUT2D eigenvalue weighted by atomic mass is 15.1. The van der Waals surface area contributed by atoms with Crippen LogP contribution < -0.4 is 5.73 Å². The summed E-state index contributed by atoms with van der Waals surface area (Å²) in [6.45, 7) is 14.8. The van der Waals surface area contributed by atoms with Crippen LogP contribution in [0, 0.1) is 11.8 Å². The molecule has 0 saturated carbocycles. The lowest BCUT2D eigenvalue weighted by Gasteiger charge is -2.28. The molecular weight excluding hydrogens is 208 g/mol. The fourth-order valence-electron chi connectivity index (χ4n) is 2.40. The Morgan fingerprint density at radius 1 is 1.06 bits per heavy atom. The van der Waals surface area contributed by atoms with Crippen LogP contribution >= 0.6 is 0 Å². The molecule has 2 heteroatoms. The third-order valence-corrected chi connectivity index (χ3v) is 3.54. The van der Waals surface area contributed by atoms with Crippen LogP contribution in [0.5, 0.6) is 0 Å². The number of nitrogens with zero attached hydrogens (tertiary/aromatic N) is 1. The molecule has 0 aliphatic heterocycles. The minimum absolute atomic E-state index is 0.673. The fourth-order valence-corrected chi connectivity index (χ4v) is 2.40. The molecule has 0 aromatic carbocycles. The topological polar surface area (TPSA) is 29.3 Å². The van der Waals surface area contributed by atoms with E-state index in [2.05, 4.69) is 39.5 Å². The zero-order valence-corrected chi connectivity index (χ0v) is 12.7. The van der Waals surface area contributed by atoms with Gasteiger partial charge in [0.05, 0.1) is 0 Å². The van der Waals surface area contributed by atoms with E-state index in [1.54, 1.807) is 0 Å². The summed E-state index contributed by atoms with van der Waals surface area (Å²) in [5, 5.41) is 0. The summed E-state index contributed by atoms with van der Waals surface area (Å²) in [6, 6.07) is 0.673. The lowest BCUT2D eigenvalue weighted by atomic mass is 9.96. The maximum atomic E-state index is 5.64. The van der Waals surface area contributed by atoms with Crippen LogP contribution in [0.15, 0.2) is 0 Å². The van der Waals surface area contributed by atoms with Gasteiger partial charge in [-0.25, -0.2) is 0 Å². The zero-order valence-electron chi connectivity index (χ0n) is 12.7. The number of hydrogen-bond acceptors (Lipinski definition) is 2. The molecule has 1 unspecified atom stereocenters. The Hall–Kier alpha value is -0.0800. The van der Waals surface area contributed by atoms with Crippen molar-refractivity contribution < 1.29 is 0 Å². The monoisotopic (exact) mass is 242 g/mol. The van der Waals surface area contributed by atoms with Gasteiger partial charge < -0.3 is 10.6 Å². The van der Waals surface area contributed by atoms with E-state index < -0.39 is 0 Å². The fraction of sp³-hybridized carbons (Fsp3) is 1.00. The van der Waals surface area contributed by atoms with Crippen molar-refractivity contribution in [2.45, 2.75) is 66.3 Å². The van der Waals surface area contributed by atoms with Gasteiger partial charge in [0.2, 0.25) is 0 Å². The van der Waals surface area contributed by atoms with Gasteiger partial charge in [0.15, 0.2) is 0 Å². The summed E-state index contributed by atoms with van der Waals surface area (Å²) >= 11 is 0. The summed E-state index contributed by atoms with van der Waals surface area (Å²) in [5.41, 5.74) is 5.64. The third kappa shape index (κ3) is 8.62. The normalized spacial score (nSPS) is 13.9. The summed E-state index contributed by atoms with van der Waals surface area (Å²) in [7, 11) is 0. The SMILES string of the molecule is CCC(CCN)CCCN(CC(C)C)C(C)C. The van der Waals surface area contributed by atoms with Gasteiger partial charge in [-0.05, 0) is 58.0 Å². The Morgan fingerprint density at radius 2 is 1.71 bits per heavy atom. The average molecular weight is 242 g/mol. The van der Waals surface area contributed by atoms with E-state index in [-0.39, 0.29) is 0 Å². The second-order valence-electron chi connectivity index (χ2n) is 5.98. The Morgan fingerprint density at radius 3 is 2.12 bits per heavy atom. The van der Waals surface area contributed by atoms with E-state index in [0.717, 1.165) is 18.4 Å². The van der Waals surface area contributed by atoms with Gasteiger partial charge in [-0.2, -0.15) is 0 Å². The van der Waals surface area contributed by atoms with Crippen LogP contribution in [0.25, 0.3) is 0 Å². The first-order valence-corrected chi connectivity index (χ1v) is 7.45. The maximum absolute atomic E-state index is 5.64. The van der Waals surface area contributed by atoms with Gasteiger partial charge in [0.1, 0.15) is 0 Å². The molecule has 17 heavy (non-hydrogen) atoms. The van der Waals surface area contributed by atoms with Crippen molar-refractivity contribution in [3.05, 3.63) is 0 Å². The van der Waals surface area contributed by atoms with Crippen LogP contribution in [-0.2, 0) is 0 Å². The highest BCUT2D eigenvalue weighted by Gasteiger charge is 2.12. The first-order chi connectivity index (χ1) is 8.01. The number of rotatable bonds is 10. The van der Waals surface area contributed by atoms with Crippen molar-refractivity contribution >= 4 is 0 Å². The standard InChI is InChI=1S/C15H34N2/c1-6-15(9-10-16)8-7-11-17(14(4)5)12-13(2)3/h13-15H,6-12,16H2,1-5H3. The van der Waals surface area contributed by atoms with Gasteiger partial charge in [-0.3, -0.25) is 0 Å². The lowest BCUT2D eigenvalue weighted by molar-refractivity contribution is 0.189. The van der Waals surface area contributed by atoms with Crippen LogP contribution in [0.1, 0.15) is 60.3 Å². The summed E-state index contributed by atoms with van der Waals surface area (Å²) < 4.78 is 0. The van der Waals surface area contributed by atoms with Crippen molar-refractivity contribution in [2.24, 2.45) is 17.6 Å². The molecule has 0 saturated heterocycles. The number of hydrogen-bond donors (Lipinski definition) is 1. The van der Waals surface area contributed by atoms with E-state index in [4.69, 9.17) is 5.73 Å². The molecule has 0 aliphatic rings. The Balaban J connectivity index is 3.87. The van der Waals surface area contributed by atoms with Gasteiger partial charge in [-0.15, -0.1) is 0 Å². The first-order valence-electron chi connectivity index (χ1n) is 7.45. The molecule has 0 aromatic rings. The van der Waals surface area contributed by atoms with Crippen molar-refractivity contribution in [1.82, 2.24) is 4.90 Å². The lowest BCUT2D eigenvalue weighted by Crippen LogP contribution is -2.35. The Bertz CT molecular complexity index is 166. The molecule has 0 spiro atoms. The number of nitrogens with two attached hydrogens (primary N) is 1. The van der Waals surface area contributed by atoms with E-state index in [1.807, 2.05) is 0 Å². The molecule has 0 heterocycles. The maximum Gasteiger partial charge on any atom is 0.00387 e. The molecule has 0 amide bonds. The van der Waals surface area contributed by atoms with Crippen LogP contribution in [0.4, 0.5) is 0 Å². The molecule has 0 bridgehead atoms. The first kappa shape index (κ1) is 16.9. The molecule has 2 nitrogen and oxygen atoms in total. The third-order valence-electron chi connectivity index (χ3n) is 3.54. The largest absolute Gasteiger partial charge is 0.330 e. The summed E-state index contributed by atoms with van der Waals surface area (Å²) in [6.07, 6.45) is 5.14.